The molecule has 6 nitrogen and oxygen atoms in total. The zero-order valence-corrected chi connectivity index (χ0v) is 11.0. The van der Waals surface area contributed by atoms with Gasteiger partial charge < -0.3 is 18.5 Å². The minimum Gasteiger partial charge on any atom is -0.379 e. The van der Waals surface area contributed by atoms with E-state index in [1.165, 1.54) is 14.2 Å². The second-order valence-electron chi connectivity index (χ2n) is 2.71. The van der Waals surface area contributed by atoms with Gasteiger partial charge in [0, 0.05) is 13.7 Å². The van der Waals surface area contributed by atoms with Crippen LogP contribution < -0.4 is 0 Å². The molecule has 0 aliphatic heterocycles. The summed E-state index contributed by atoms with van der Waals surface area (Å²) in [5, 5.41) is 0. The van der Waals surface area contributed by atoms with Gasteiger partial charge in [0.15, 0.2) is 0 Å². The summed E-state index contributed by atoms with van der Waals surface area (Å²) in [6.07, 6.45) is 1.02. The lowest BCUT2D eigenvalue weighted by Crippen LogP contribution is -2.09. The molecule has 0 aliphatic carbocycles. The highest BCUT2D eigenvalue weighted by atomic mass is 31.2. The molecule has 7 heteroatoms. The van der Waals surface area contributed by atoms with E-state index in [0.717, 1.165) is 13.0 Å². The first-order valence-corrected chi connectivity index (χ1v) is 6.28. The summed E-state index contributed by atoms with van der Waals surface area (Å²) in [5.41, 5.74) is 0. The van der Waals surface area contributed by atoms with Gasteiger partial charge in [-0.15, -0.1) is 0 Å². The van der Waals surface area contributed by atoms with E-state index in [1.54, 1.807) is 0 Å². The monoisotopic (exact) mass is 256 g/mol. The molecule has 0 aromatic heterocycles. The molecule has 0 N–H and O–H groups in total. The van der Waals surface area contributed by atoms with Crippen molar-refractivity contribution in [1.29, 1.82) is 0 Å². The van der Waals surface area contributed by atoms with Crippen molar-refractivity contribution >= 4 is 8.60 Å². The Labute approximate surface area is 98.0 Å². The fraction of sp³-hybridized carbons (Fsp3) is 1.00. The number of rotatable bonds is 12. The molecule has 98 valence electrons. The SMILES string of the molecule is CCCOCCOCCOP(OC)OOC. The normalized spacial score (nSPS) is 12.9. The molecule has 0 rings (SSSR count). The Hall–Kier alpha value is 0.190. The van der Waals surface area contributed by atoms with Crippen LogP contribution in [0.3, 0.4) is 0 Å². The van der Waals surface area contributed by atoms with Crippen LogP contribution in [0.25, 0.3) is 0 Å². The highest BCUT2D eigenvalue weighted by molar-refractivity contribution is 7.41. The standard InChI is InChI=1S/C9H21O6P/c1-4-5-12-6-7-13-8-9-14-16(11-3)15-10-2/h4-9H2,1-3H3. The summed E-state index contributed by atoms with van der Waals surface area (Å²) in [6, 6.07) is 0. The predicted octanol–water partition coefficient (Wildman–Crippen LogP) is 1.90. The van der Waals surface area contributed by atoms with Crippen molar-refractivity contribution in [3.8, 4) is 0 Å². The lowest BCUT2D eigenvalue weighted by atomic mass is 10.5. The van der Waals surface area contributed by atoms with Crippen LogP contribution in [0.5, 0.6) is 0 Å². The summed E-state index contributed by atoms with van der Waals surface area (Å²) in [4.78, 5) is 4.44. The van der Waals surface area contributed by atoms with Gasteiger partial charge in [-0.2, -0.15) is 4.67 Å². The Balaban J connectivity index is 3.12. The summed E-state index contributed by atoms with van der Waals surface area (Å²) >= 11 is 0. The molecule has 1 unspecified atom stereocenters. The second kappa shape index (κ2) is 13.3. The number of hydrogen-bond acceptors (Lipinski definition) is 6. The van der Waals surface area contributed by atoms with E-state index < -0.39 is 8.60 Å². The van der Waals surface area contributed by atoms with E-state index in [2.05, 4.69) is 11.8 Å². The quantitative estimate of drug-likeness (QED) is 0.230. The molecule has 0 amide bonds. The van der Waals surface area contributed by atoms with Crippen LogP contribution in [0.1, 0.15) is 13.3 Å². The van der Waals surface area contributed by atoms with Gasteiger partial charge in [-0.25, -0.2) is 4.89 Å². The first kappa shape index (κ1) is 16.2. The predicted molar refractivity (Wildman–Crippen MR) is 59.9 cm³/mol. The zero-order valence-electron chi connectivity index (χ0n) is 10.1. The van der Waals surface area contributed by atoms with Gasteiger partial charge in [-0.1, -0.05) is 6.92 Å². The molecule has 0 heterocycles. The average molecular weight is 256 g/mol. The Morgan fingerprint density at radius 3 is 2.06 bits per heavy atom. The van der Waals surface area contributed by atoms with E-state index in [-0.39, 0.29) is 0 Å². The van der Waals surface area contributed by atoms with Crippen LogP contribution in [-0.2, 0) is 28.1 Å². The minimum atomic E-state index is -1.42. The van der Waals surface area contributed by atoms with Crippen molar-refractivity contribution in [2.24, 2.45) is 0 Å². The van der Waals surface area contributed by atoms with Crippen molar-refractivity contribution in [3.63, 3.8) is 0 Å². The average Bonchev–Trinajstić information content (AvgIpc) is 2.31. The molecule has 1 atom stereocenters. The first-order valence-electron chi connectivity index (χ1n) is 5.18. The highest BCUT2D eigenvalue weighted by Gasteiger charge is 2.09. The van der Waals surface area contributed by atoms with E-state index in [0.29, 0.717) is 26.4 Å². The van der Waals surface area contributed by atoms with Crippen LogP contribution in [0, 0.1) is 0 Å². The Morgan fingerprint density at radius 2 is 1.50 bits per heavy atom. The largest absolute Gasteiger partial charge is 0.379 e. The molecule has 0 spiro atoms. The molecule has 0 radical (unpaired) electrons. The summed E-state index contributed by atoms with van der Waals surface area (Å²) in [5.74, 6) is 0. The maximum absolute atomic E-state index is 5.26. The lowest BCUT2D eigenvalue weighted by molar-refractivity contribution is -0.189. The molecule has 0 aliphatic rings. The molecule has 16 heavy (non-hydrogen) atoms. The van der Waals surface area contributed by atoms with Crippen LogP contribution >= 0.6 is 8.60 Å². The number of hydrogen-bond donors (Lipinski definition) is 0. The van der Waals surface area contributed by atoms with E-state index >= 15 is 0 Å². The van der Waals surface area contributed by atoms with Gasteiger partial charge in [0.2, 0.25) is 0 Å². The van der Waals surface area contributed by atoms with Crippen LogP contribution in [0.4, 0.5) is 0 Å². The van der Waals surface area contributed by atoms with Gasteiger partial charge in [-0.3, -0.25) is 0 Å². The van der Waals surface area contributed by atoms with Crippen molar-refractivity contribution < 1.29 is 28.1 Å². The third-order valence-electron chi connectivity index (χ3n) is 1.43. The topological polar surface area (TPSA) is 55.4 Å². The van der Waals surface area contributed by atoms with Gasteiger partial charge in [0.05, 0.1) is 33.5 Å². The van der Waals surface area contributed by atoms with Crippen molar-refractivity contribution in [1.82, 2.24) is 0 Å². The van der Waals surface area contributed by atoms with E-state index in [4.69, 9.17) is 23.2 Å². The molecule has 0 fully saturated rings. The number of ether oxygens (including phenoxy) is 2. The van der Waals surface area contributed by atoms with Gasteiger partial charge in [-0.05, 0) is 6.42 Å². The molecule has 0 aromatic carbocycles. The molecule has 0 aromatic rings. The molecule has 0 saturated carbocycles. The highest BCUT2D eigenvalue weighted by Crippen LogP contribution is 2.37. The van der Waals surface area contributed by atoms with Crippen molar-refractivity contribution in [3.05, 3.63) is 0 Å². The third kappa shape index (κ3) is 10.7. The van der Waals surface area contributed by atoms with E-state index in [1.807, 2.05) is 0 Å². The fourth-order valence-corrected chi connectivity index (χ4v) is 1.36. The minimum absolute atomic E-state index is 0.399. The van der Waals surface area contributed by atoms with Crippen molar-refractivity contribution in [2.45, 2.75) is 13.3 Å². The van der Waals surface area contributed by atoms with Crippen LogP contribution in [0.15, 0.2) is 0 Å². The maximum atomic E-state index is 5.26. The van der Waals surface area contributed by atoms with E-state index in [9.17, 15) is 0 Å². The maximum Gasteiger partial charge on any atom is 0.362 e. The summed E-state index contributed by atoms with van der Waals surface area (Å²) in [6.45, 7) is 4.90. The Morgan fingerprint density at radius 1 is 0.875 bits per heavy atom. The van der Waals surface area contributed by atoms with Gasteiger partial charge >= 0.3 is 8.60 Å². The molecular formula is C9H21O6P. The molecule has 0 bridgehead atoms. The molecular weight excluding hydrogens is 235 g/mol. The Kier molecular flexibility index (Phi) is 13.4. The smallest absolute Gasteiger partial charge is 0.362 e. The summed E-state index contributed by atoms with van der Waals surface area (Å²) < 4.78 is 25.2. The third-order valence-corrected chi connectivity index (χ3v) is 2.39. The molecule has 0 saturated heterocycles. The zero-order chi connectivity index (χ0) is 12.1. The van der Waals surface area contributed by atoms with Gasteiger partial charge in [0.25, 0.3) is 0 Å². The van der Waals surface area contributed by atoms with Gasteiger partial charge in [0.1, 0.15) is 0 Å². The van der Waals surface area contributed by atoms with Crippen LogP contribution in [0.2, 0.25) is 0 Å². The first-order chi connectivity index (χ1) is 7.85. The summed E-state index contributed by atoms with van der Waals surface area (Å²) in [7, 11) is 1.47. The fourth-order valence-electron chi connectivity index (χ4n) is 0.803. The Bertz CT molecular complexity index is 137. The van der Waals surface area contributed by atoms with Crippen molar-refractivity contribution in [2.75, 3.05) is 47.3 Å². The van der Waals surface area contributed by atoms with Crippen LogP contribution in [-0.4, -0.2) is 47.3 Å². The second-order valence-corrected chi connectivity index (χ2v) is 3.92. The lowest BCUT2D eigenvalue weighted by Gasteiger charge is -2.11.